The highest BCUT2D eigenvalue weighted by molar-refractivity contribution is 6.02. The van der Waals surface area contributed by atoms with E-state index >= 15 is 4.39 Å². The van der Waals surface area contributed by atoms with E-state index in [1.54, 1.807) is 18.2 Å². The van der Waals surface area contributed by atoms with E-state index in [0.29, 0.717) is 64.7 Å². The molecule has 0 unspecified atom stereocenters. The first kappa shape index (κ1) is 28.3. The quantitative estimate of drug-likeness (QED) is 0.292. The molecule has 46 heavy (non-hydrogen) atoms. The van der Waals surface area contributed by atoms with Gasteiger partial charge in [-0.15, -0.1) is 6.42 Å². The van der Waals surface area contributed by atoms with Crippen LogP contribution in [-0.4, -0.2) is 75.9 Å². The van der Waals surface area contributed by atoms with Crippen molar-refractivity contribution in [2.45, 2.75) is 81.2 Å². The Kier molecular flexibility index (Phi) is 6.48. The second-order valence-electron chi connectivity index (χ2n) is 13.8. The molecular weight excluding hydrogens is 589 g/mol. The number of fused-ring (bicyclic) bond motifs is 7. The van der Waals surface area contributed by atoms with Crippen molar-refractivity contribution >= 4 is 27.5 Å². The van der Waals surface area contributed by atoms with Gasteiger partial charge in [0.25, 0.3) is 0 Å². The van der Waals surface area contributed by atoms with E-state index in [0.717, 1.165) is 51.6 Å². The van der Waals surface area contributed by atoms with Crippen molar-refractivity contribution in [3.8, 4) is 29.6 Å². The van der Waals surface area contributed by atoms with Crippen LogP contribution in [0.1, 0.15) is 56.2 Å². The molecule has 2 bridgehead atoms. The van der Waals surface area contributed by atoms with Crippen LogP contribution in [0.2, 0.25) is 0 Å². The molecule has 0 saturated carbocycles. The first-order valence-electron chi connectivity index (χ1n) is 16.6. The first-order chi connectivity index (χ1) is 22.4. The lowest BCUT2D eigenvalue weighted by molar-refractivity contribution is 0.107. The van der Waals surface area contributed by atoms with E-state index in [1.165, 1.54) is 6.07 Å². The van der Waals surface area contributed by atoms with Gasteiger partial charge in [-0.2, -0.15) is 9.97 Å². The lowest BCUT2D eigenvalue weighted by Gasteiger charge is -2.43. The second kappa shape index (κ2) is 10.5. The predicted octanol–water partition coefficient (Wildman–Crippen LogP) is 5.71. The molecule has 0 radical (unpaired) electrons. The highest BCUT2D eigenvalue weighted by Gasteiger charge is 2.49. The fourth-order valence-electron chi connectivity index (χ4n) is 9.14. The van der Waals surface area contributed by atoms with Crippen molar-refractivity contribution < 1.29 is 17.9 Å². The van der Waals surface area contributed by atoms with Crippen LogP contribution < -0.4 is 15.0 Å². The number of benzene rings is 2. The van der Waals surface area contributed by atoms with Gasteiger partial charge in [-0.1, -0.05) is 30.2 Å². The Labute approximate surface area is 265 Å². The molecule has 4 fully saturated rings. The van der Waals surface area contributed by atoms with Gasteiger partial charge in [0.15, 0.2) is 5.82 Å². The monoisotopic (exact) mass is 624 g/mol. The van der Waals surface area contributed by atoms with Gasteiger partial charge in [0, 0.05) is 48.6 Å². The molecule has 9 rings (SSSR count). The van der Waals surface area contributed by atoms with Crippen molar-refractivity contribution in [2.75, 3.05) is 31.1 Å². The van der Waals surface area contributed by atoms with Gasteiger partial charge in [0.2, 0.25) is 0 Å². The van der Waals surface area contributed by atoms with E-state index in [2.05, 4.69) is 21.0 Å². The van der Waals surface area contributed by atoms with Gasteiger partial charge in [-0.25, -0.2) is 18.2 Å². The number of terminal acetylenes is 1. The number of hydrogen-bond donors (Lipinski definition) is 1. The van der Waals surface area contributed by atoms with E-state index < -0.39 is 23.3 Å². The summed E-state index contributed by atoms with van der Waals surface area (Å²) < 4.78 is 53.0. The highest BCUT2D eigenvalue weighted by atomic mass is 19.1. The standard InChI is InChI=1S/C36H35F3N6O/c1-2-23-25(38)12-10-20-6-3-7-24(29(20)23)32-31(39)33-30-27(41-32)8-4-9-28-26-13-11-22(40-26)18-45(28)34(30)43-35(42-33)46-19-36-14-5-15-44(36)17-21(37)16-36/h1,3,6-7,10,12,21-22,26,28,40H,4-5,8-9,11,13-19H2/t21-,22-,26+,28-,36+/m1/s1. The van der Waals surface area contributed by atoms with E-state index in [9.17, 15) is 8.78 Å². The lowest BCUT2D eigenvalue weighted by atomic mass is 9.93. The van der Waals surface area contributed by atoms with Crippen LogP contribution >= 0.6 is 0 Å². The fourth-order valence-corrected chi connectivity index (χ4v) is 9.14. The number of ether oxygens (including phenoxy) is 1. The molecule has 236 valence electrons. The van der Waals surface area contributed by atoms with Crippen LogP contribution in [0.3, 0.4) is 0 Å². The number of nitrogens with one attached hydrogen (secondary N) is 1. The Morgan fingerprint density at radius 2 is 1.96 bits per heavy atom. The summed E-state index contributed by atoms with van der Waals surface area (Å²) >= 11 is 0. The van der Waals surface area contributed by atoms with E-state index in [1.807, 2.05) is 6.07 Å². The molecule has 5 atom stereocenters. The minimum atomic E-state index is -0.890. The molecule has 4 saturated heterocycles. The minimum absolute atomic E-state index is 0.0756. The average molecular weight is 625 g/mol. The number of aryl methyl sites for hydroxylation is 1. The zero-order valence-corrected chi connectivity index (χ0v) is 25.5. The van der Waals surface area contributed by atoms with E-state index in [-0.39, 0.29) is 35.4 Å². The third-order valence-electron chi connectivity index (χ3n) is 11.2. The van der Waals surface area contributed by atoms with Gasteiger partial charge in [0.1, 0.15) is 35.6 Å². The van der Waals surface area contributed by atoms with Crippen molar-refractivity contribution in [1.29, 1.82) is 0 Å². The maximum absolute atomic E-state index is 17.1. The molecule has 0 amide bonds. The Morgan fingerprint density at radius 1 is 1.04 bits per heavy atom. The molecule has 7 nitrogen and oxygen atoms in total. The van der Waals surface area contributed by atoms with Crippen LogP contribution in [-0.2, 0) is 6.42 Å². The number of rotatable bonds is 4. The third kappa shape index (κ3) is 4.24. The predicted molar refractivity (Wildman–Crippen MR) is 171 cm³/mol. The van der Waals surface area contributed by atoms with Crippen LogP contribution in [0.4, 0.5) is 19.0 Å². The van der Waals surface area contributed by atoms with Crippen molar-refractivity contribution in [2.24, 2.45) is 0 Å². The van der Waals surface area contributed by atoms with Gasteiger partial charge in [-0.05, 0) is 62.9 Å². The Balaban J connectivity index is 1.24. The van der Waals surface area contributed by atoms with Crippen LogP contribution in [0.25, 0.3) is 32.9 Å². The molecule has 0 aliphatic carbocycles. The van der Waals surface area contributed by atoms with E-state index in [4.69, 9.17) is 26.1 Å². The molecule has 2 aromatic carbocycles. The summed E-state index contributed by atoms with van der Waals surface area (Å²) in [5, 5.41) is 5.53. The number of pyridine rings is 1. The molecule has 5 aliphatic rings. The molecular formula is C36H35F3N6O. The second-order valence-corrected chi connectivity index (χ2v) is 13.8. The summed E-state index contributed by atoms with van der Waals surface area (Å²) in [5.74, 6) is 1.97. The zero-order valence-electron chi connectivity index (χ0n) is 25.5. The van der Waals surface area contributed by atoms with Crippen LogP contribution in [0, 0.1) is 24.0 Å². The number of piperazine rings is 1. The van der Waals surface area contributed by atoms with Gasteiger partial charge < -0.3 is 15.0 Å². The first-order valence-corrected chi connectivity index (χ1v) is 16.6. The number of alkyl halides is 1. The molecule has 2 aromatic heterocycles. The van der Waals surface area contributed by atoms with Crippen LogP contribution in [0.15, 0.2) is 30.3 Å². The number of halogens is 3. The molecule has 5 aliphatic heterocycles. The maximum atomic E-state index is 17.1. The SMILES string of the molecule is C#Cc1c(F)ccc2cccc(-c3nc4c5c(nc(OC[C@@]67CCCN6C[C@H](F)C7)nc5c3F)N3C[C@H]5CC[C@H](N5)[C@H]3CCC4)c12. The molecule has 4 aromatic rings. The normalized spacial score (nSPS) is 28.6. The van der Waals surface area contributed by atoms with Gasteiger partial charge in [-0.3, -0.25) is 4.90 Å². The minimum Gasteiger partial charge on any atom is -0.461 e. The molecule has 1 N–H and O–H groups in total. The maximum Gasteiger partial charge on any atom is 0.319 e. The Morgan fingerprint density at radius 3 is 2.85 bits per heavy atom. The highest BCUT2D eigenvalue weighted by Crippen LogP contribution is 2.44. The van der Waals surface area contributed by atoms with Gasteiger partial charge in [0.05, 0.1) is 22.2 Å². The van der Waals surface area contributed by atoms with Crippen LogP contribution in [0.5, 0.6) is 6.01 Å². The van der Waals surface area contributed by atoms with Gasteiger partial charge >= 0.3 is 6.01 Å². The number of aromatic nitrogens is 3. The fraction of sp³-hybridized carbons (Fsp3) is 0.472. The summed E-state index contributed by atoms with van der Waals surface area (Å²) in [4.78, 5) is 19.2. The molecule has 0 spiro atoms. The summed E-state index contributed by atoms with van der Waals surface area (Å²) in [5.41, 5.74) is 1.03. The summed E-state index contributed by atoms with van der Waals surface area (Å²) in [7, 11) is 0. The summed E-state index contributed by atoms with van der Waals surface area (Å²) in [6.07, 6.45) is 11.8. The number of nitrogens with zero attached hydrogens (tertiary/aromatic N) is 5. The molecule has 7 heterocycles. The van der Waals surface area contributed by atoms with Crippen molar-refractivity contribution in [3.63, 3.8) is 0 Å². The topological polar surface area (TPSA) is 66.4 Å². The smallest absolute Gasteiger partial charge is 0.319 e. The average Bonchev–Trinajstić information content (AvgIpc) is 3.72. The zero-order chi connectivity index (χ0) is 31.2. The third-order valence-corrected chi connectivity index (χ3v) is 11.2. The largest absolute Gasteiger partial charge is 0.461 e. The van der Waals surface area contributed by atoms with Crippen molar-refractivity contribution in [1.82, 2.24) is 25.2 Å². The Bertz CT molecular complexity index is 1950. The Hall–Kier alpha value is -3.94. The summed E-state index contributed by atoms with van der Waals surface area (Å²) in [6, 6.07) is 9.33. The summed E-state index contributed by atoms with van der Waals surface area (Å²) in [6.45, 7) is 2.26. The van der Waals surface area contributed by atoms with Crippen molar-refractivity contribution in [3.05, 3.63) is 53.2 Å². The molecule has 10 heteroatoms. The number of anilines is 1. The lowest BCUT2D eigenvalue weighted by Crippen LogP contribution is -2.58. The number of hydrogen-bond acceptors (Lipinski definition) is 7.